The van der Waals surface area contributed by atoms with Crippen LogP contribution in [-0.2, 0) is 17.6 Å². The molecule has 0 aliphatic heterocycles. The first kappa shape index (κ1) is 18.0. The van der Waals surface area contributed by atoms with Crippen molar-refractivity contribution in [2.45, 2.75) is 26.2 Å². The Morgan fingerprint density at radius 2 is 2.24 bits per heavy atom. The summed E-state index contributed by atoms with van der Waals surface area (Å²) in [7, 11) is 1.88. The number of hydrogen-bond acceptors (Lipinski definition) is 7. The third-order valence-electron chi connectivity index (χ3n) is 5.60. The summed E-state index contributed by atoms with van der Waals surface area (Å²) in [5.74, 6) is 1.07. The molecule has 4 aromatic rings. The maximum atomic E-state index is 12.6. The van der Waals surface area contributed by atoms with E-state index in [0.29, 0.717) is 0 Å². The van der Waals surface area contributed by atoms with Gasteiger partial charge in [0, 0.05) is 29.8 Å². The molecule has 0 aromatic carbocycles. The zero-order valence-corrected chi connectivity index (χ0v) is 17.1. The molecule has 4 aromatic heterocycles. The minimum absolute atomic E-state index is 0.0533. The number of H-pyrrole nitrogens is 1. The second-order valence-electron chi connectivity index (χ2n) is 7.36. The number of aromatic nitrogens is 5. The Morgan fingerprint density at radius 1 is 1.34 bits per heavy atom. The van der Waals surface area contributed by atoms with E-state index in [9.17, 15) is 4.79 Å². The van der Waals surface area contributed by atoms with E-state index in [1.54, 1.807) is 30.1 Å². The summed E-state index contributed by atoms with van der Waals surface area (Å²) in [5.41, 5.74) is 2.88. The molecule has 1 aliphatic rings. The van der Waals surface area contributed by atoms with Gasteiger partial charge in [-0.3, -0.25) is 9.89 Å². The van der Waals surface area contributed by atoms with Crippen molar-refractivity contribution >= 4 is 50.0 Å². The Bertz CT molecular complexity index is 1210. The highest BCUT2D eigenvalue weighted by Crippen LogP contribution is 2.40. The number of rotatable bonds is 4. The van der Waals surface area contributed by atoms with Crippen molar-refractivity contribution in [2.75, 3.05) is 18.9 Å². The van der Waals surface area contributed by atoms with Gasteiger partial charge in [0.05, 0.1) is 23.5 Å². The lowest BCUT2D eigenvalue weighted by molar-refractivity contribution is -0.134. The number of fused-ring (bicyclic) bond motifs is 4. The van der Waals surface area contributed by atoms with E-state index in [0.717, 1.165) is 58.6 Å². The Labute approximate surface area is 171 Å². The van der Waals surface area contributed by atoms with Crippen LogP contribution in [0.3, 0.4) is 0 Å². The smallest absolute Gasteiger partial charge is 0.225 e. The second-order valence-corrected chi connectivity index (χ2v) is 8.44. The number of anilines is 2. The van der Waals surface area contributed by atoms with Crippen LogP contribution in [-0.4, -0.2) is 49.5 Å². The summed E-state index contributed by atoms with van der Waals surface area (Å²) in [6.45, 7) is 2.75. The predicted octanol–water partition coefficient (Wildman–Crippen LogP) is 3.29. The summed E-state index contributed by atoms with van der Waals surface area (Å²) in [6, 6.07) is 1.99. The predicted molar refractivity (Wildman–Crippen MR) is 113 cm³/mol. The van der Waals surface area contributed by atoms with Gasteiger partial charge in [-0.05, 0) is 37.8 Å². The minimum atomic E-state index is 0.0533. The van der Waals surface area contributed by atoms with Crippen LogP contribution < -0.4 is 5.32 Å². The van der Waals surface area contributed by atoms with Gasteiger partial charge in [-0.25, -0.2) is 15.0 Å². The number of carbonyl (C=O) groups is 1. The Balaban J connectivity index is 1.49. The number of aryl methyl sites for hydroxylation is 1. The monoisotopic (exact) mass is 407 g/mol. The van der Waals surface area contributed by atoms with Crippen LogP contribution in [0.2, 0.25) is 0 Å². The fourth-order valence-electron chi connectivity index (χ4n) is 3.92. The molecule has 0 bridgehead atoms. The van der Waals surface area contributed by atoms with E-state index < -0.39 is 0 Å². The molecule has 1 atom stereocenters. The molecule has 4 heterocycles. The number of hydrogen-bond donors (Lipinski definition) is 2. The highest BCUT2D eigenvalue weighted by atomic mass is 32.1. The molecule has 0 spiro atoms. The van der Waals surface area contributed by atoms with Gasteiger partial charge in [-0.1, -0.05) is 0 Å². The number of carbonyl (C=O) groups excluding carboxylic acids is 1. The van der Waals surface area contributed by atoms with E-state index in [2.05, 4.69) is 30.5 Å². The highest BCUT2D eigenvalue weighted by molar-refractivity contribution is 7.19. The molecule has 148 valence electrons. The Kier molecular flexibility index (Phi) is 4.39. The summed E-state index contributed by atoms with van der Waals surface area (Å²) >= 11 is 1.68. The van der Waals surface area contributed by atoms with Crippen molar-refractivity contribution < 1.29 is 4.79 Å². The standard InChI is InChI=1S/C20H21N7OS/c1-3-27(2)20(28)11-4-5-14-15(7-11)29-19-16(14)18(22-10-23-19)25-13-6-12-8-24-26-17(12)21-9-13/h6,8-11H,3-5,7H2,1-2H3,(H,21,24,26)(H,22,23,25)/t11-/m0/s1. The van der Waals surface area contributed by atoms with Crippen molar-refractivity contribution in [3.63, 3.8) is 0 Å². The first-order chi connectivity index (χ1) is 14.1. The lowest BCUT2D eigenvalue weighted by atomic mass is 9.87. The van der Waals surface area contributed by atoms with Crippen molar-refractivity contribution in [3.8, 4) is 0 Å². The van der Waals surface area contributed by atoms with Crippen LogP contribution in [0.1, 0.15) is 23.8 Å². The van der Waals surface area contributed by atoms with Gasteiger partial charge in [-0.2, -0.15) is 5.10 Å². The van der Waals surface area contributed by atoms with Crippen molar-refractivity contribution in [1.82, 2.24) is 30.0 Å². The number of aromatic amines is 1. The fourth-order valence-corrected chi connectivity index (χ4v) is 5.19. The van der Waals surface area contributed by atoms with Gasteiger partial charge in [0.1, 0.15) is 17.0 Å². The molecule has 0 saturated carbocycles. The van der Waals surface area contributed by atoms with E-state index in [4.69, 9.17) is 0 Å². The highest BCUT2D eigenvalue weighted by Gasteiger charge is 2.30. The maximum absolute atomic E-state index is 12.6. The number of amides is 1. The third kappa shape index (κ3) is 3.11. The van der Waals surface area contributed by atoms with Crippen LogP contribution in [0.15, 0.2) is 24.8 Å². The fraction of sp³-hybridized carbons (Fsp3) is 0.350. The largest absolute Gasteiger partial charge is 0.346 e. The van der Waals surface area contributed by atoms with Crippen LogP contribution in [0.25, 0.3) is 21.3 Å². The molecule has 9 heteroatoms. The number of nitrogens with one attached hydrogen (secondary N) is 2. The molecular weight excluding hydrogens is 386 g/mol. The van der Waals surface area contributed by atoms with E-state index in [1.165, 1.54) is 10.4 Å². The first-order valence-electron chi connectivity index (χ1n) is 9.70. The number of nitrogens with zero attached hydrogens (tertiary/aromatic N) is 5. The number of pyridine rings is 1. The minimum Gasteiger partial charge on any atom is -0.346 e. The molecule has 0 unspecified atom stereocenters. The molecule has 1 aliphatic carbocycles. The van der Waals surface area contributed by atoms with Gasteiger partial charge < -0.3 is 10.2 Å². The van der Waals surface area contributed by atoms with E-state index in [1.807, 2.05) is 24.9 Å². The van der Waals surface area contributed by atoms with Crippen molar-refractivity contribution in [3.05, 3.63) is 35.2 Å². The second kappa shape index (κ2) is 7.07. The average molecular weight is 408 g/mol. The van der Waals surface area contributed by atoms with Gasteiger partial charge >= 0.3 is 0 Å². The van der Waals surface area contributed by atoms with Crippen LogP contribution in [0.4, 0.5) is 11.5 Å². The summed E-state index contributed by atoms with van der Waals surface area (Å²) < 4.78 is 0. The molecule has 8 nitrogen and oxygen atoms in total. The molecule has 0 radical (unpaired) electrons. The SMILES string of the molecule is CCN(C)C(=O)[C@H]1CCc2c(sc3ncnc(Nc4cnc5[nH]ncc5c4)c23)C1. The average Bonchev–Trinajstić information content (AvgIpc) is 3.36. The normalized spacial score (nSPS) is 16.1. The Morgan fingerprint density at radius 3 is 3.10 bits per heavy atom. The van der Waals surface area contributed by atoms with Gasteiger partial charge in [0.25, 0.3) is 0 Å². The topological polar surface area (TPSA) is 99.7 Å². The molecule has 5 rings (SSSR count). The zero-order chi connectivity index (χ0) is 20.0. The molecular formula is C20H21N7OS. The van der Waals surface area contributed by atoms with Crippen LogP contribution in [0.5, 0.6) is 0 Å². The van der Waals surface area contributed by atoms with Crippen LogP contribution in [0, 0.1) is 5.92 Å². The molecule has 0 saturated heterocycles. The van der Waals surface area contributed by atoms with Crippen molar-refractivity contribution in [2.24, 2.45) is 5.92 Å². The first-order valence-corrected chi connectivity index (χ1v) is 10.5. The van der Waals surface area contributed by atoms with E-state index in [-0.39, 0.29) is 11.8 Å². The Hall–Kier alpha value is -3.07. The molecule has 0 fully saturated rings. The van der Waals surface area contributed by atoms with Gasteiger partial charge in [0.15, 0.2) is 5.65 Å². The van der Waals surface area contributed by atoms with Gasteiger partial charge in [0.2, 0.25) is 5.91 Å². The summed E-state index contributed by atoms with van der Waals surface area (Å²) in [6.07, 6.45) is 7.61. The summed E-state index contributed by atoms with van der Waals surface area (Å²) in [4.78, 5) is 30.0. The lowest BCUT2D eigenvalue weighted by Gasteiger charge is -2.26. The molecule has 29 heavy (non-hydrogen) atoms. The van der Waals surface area contributed by atoms with Crippen LogP contribution >= 0.6 is 11.3 Å². The van der Waals surface area contributed by atoms with Crippen molar-refractivity contribution in [1.29, 1.82) is 0 Å². The lowest BCUT2D eigenvalue weighted by Crippen LogP contribution is -2.35. The number of thiophene rings is 1. The van der Waals surface area contributed by atoms with E-state index >= 15 is 0 Å². The third-order valence-corrected chi connectivity index (χ3v) is 6.76. The molecule has 2 N–H and O–H groups in total. The quantitative estimate of drug-likeness (QED) is 0.538. The maximum Gasteiger partial charge on any atom is 0.225 e. The van der Waals surface area contributed by atoms with Gasteiger partial charge in [-0.15, -0.1) is 11.3 Å². The zero-order valence-electron chi connectivity index (χ0n) is 16.3. The summed E-state index contributed by atoms with van der Waals surface area (Å²) in [5, 5.41) is 12.3. The molecule has 1 amide bonds.